The molecule has 0 fully saturated rings. The Labute approximate surface area is 124 Å². The van der Waals surface area contributed by atoms with Crippen LogP contribution < -0.4 is 15.8 Å². The highest BCUT2D eigenvalue weighted by Gasteiger charge is 2.27. The van der Waals surface area contributed by atoms with Crippen LogP contribution in [0.4, 0.5) is 5.69 Å². The van der Waals surface area contributed by atoms with E-state index in [0.717, 1.165) is 20.6 Å². The van der Waals surface area contributed by atoms with Crippen molar-refractivity contribution in [3.63, 3.8) is 0 Å². The number of halogens is 1. The first-order valence-corrected chi connectivity index (χ1v) is 6.85. The first-order chi connectivity index (χ1) is 9.13. The highest BCUT2D eigenvalue weighted by atomic mass is 127. The fourth-order valence-electron chi connectivity index (χ4n) is 1.97. The minimum atomic E-state index is -0.581. The fourth-order valence-corrected chi connectivity index (χ4v) is 2.33. The number of anilines is 1. The van der Waals surface area contributed by atoms with Gasteiger partial charge in [-0.15, -0.1) is 0 Å². The van der Waals surface area contributed by atoms with Gasteiger partial charge in [-0.3, -0.25) is 4.79 Å². The lowest BCUT2D eigenvalue weighted by Gasteiger charge is -2.08. The van der Waals surface area contributed by atoms with Crippen molar-refractivity contribution >= 4 is 34.2 Å². The number of rotatable bonds is 2. The summed E-state index contributed by atoms with van der Waals surface area (Å²) in [6.45, 7) is 0. The number of fused-ring (bicyclic) bond motifs is 1. The molecule has 0 bridgehead atoms. The summed E-state index contributed by atoms with van der Waals surface area (Å²) in [7, 11) is 0. The van der Waals surface area contributed by atoms with Gasteiger partial charge in [0.1, 0.15) is 17.5 Å². The molecule has 0 aromatic heterocycles. The van der Waals surface area contributed by atoms with Crippen molar-refractivity contribution < 1.29 is 9.53 Å². The Bertz CT molecular complexity index is 640. The van der Waals surface area contributed by atoms with Crippen LogP contribution >= 0.6 is 22.6 Å². The summed E-state index contributed by atoms with van der Waals surface area (Å²) in [6.07, 6.45) is 0. The van der Waals surface area contributed by atoms with Crippen molar-refractivity contribution in [2.24, 2.45) is 5.73 Å². The zero-order valence-corrected chi connectivity index (χ0v) is 12.0. The van der Waals surface area contributed by atoms with Crippen LogP contribution in [0.5, 0.6) is 11.5 Å². The molecule has 2 aromatic carbocycles. The second kappa shape index (κ2) is 4.82. The van der Waals surface area contributed by atoms with E-state index in [-0.39, 0.29) is 5.91 Å². The normalized spacial score (nSPS) is 16.9. The van der Waals surface area contributed by atoms with E-state index in [1.165, 1.54) is 0 Å². The maximum Gasteiger partial charge on any atom is 0.245 e. The number of amides is 1. The number of nitrogens with one attached hydrogen (secondary N) is 1. The molecule has 3 rings (SSSR count). The van der Waals surface area contributed by atoms with E-state index in [2.05, 4.69) is 27.9 Å². The number of nitrogens with two attached hydrogens (primary N) is 1. The summed E-state index contributed by atoms with van der Waals surface area (Å²) in [5, 5.41) is 2.74. The van der Waals surface area contributed by atoms with E-state index >= 15 is 0 Å². The fraction of sp³-hybridized carbons (Fsp3) is 0.0714. The second-order valence-corrected chi connectivity index (χ2v) is 5.52. The van der Waals surface area contributed by atoms with Crippen LogP contribution in [-0.2, 0) is 4.79 Å². The molecule has 5 heteroatoms. The van der Waals surface area contributed by atoms with Gasteiger partial charge in [-0.25, -0.2) is 0 Å². The quantitative estimate of drug-likeness (QED) is 0.804. The van der Waals surface area contributed by atoms with E-state index in [1.54, 1.807) is 6.07 Å². The molecule has 0 aliphatic carbocycles. The molecule has 0 saturated carbocycles. The number of hydrogen-bond acceptors (Lipinski definition) is 3. The van der Waals surface area contributed by atoms with Crippen LogP contribution in [0, 0.1) is 3.57 Å². The smallest absolute Gasteiger partial charge is 0.245 e. The van der Waals surface area contributed by atoms with Crippen molar-refractivity contribution in [2.75, 3.05) is 5.32 Å². The van der Waals surface area contributed by atoms with Gasteiger partial charge in [0.2, 0.25) is 5.91 Å². The Hall–Kier alpha value is -1.60. The summed E-state index contributed by atoms with van der Waals surface area (Å²) in [6, 6.07) is 12.6. The van der Waals surface area contributed by atoms with Gasteiger partial charge in [0.05, 0.1) is 0 Å². The Kier molecular flexibility index (Phi) is 3.16. The van der Waals surface area contributed by atoms with Crippen molar-refractivity contribution in [2.45, 2.75) is 6.04 Å². The van der Waals surface area contributed by atoms with Gasteiger partial charge in [0.15, 0.2) is 0 Å². The second-order valence-electron chi connectivity index (χ2n) is 4.27. The molecule has 1 heterocycles. The number of hydrogen-bond donors (Lipinski definition) is 2. The molecule has 96 valence electrons. The Morgan fingerprint density at radius 2 is 1.79 bits per heavy atom. The first-order valence-electron chi connectivity index (χ1n) is 5.77. The molecule has 1 atom stereocenters. The molecule has 3 N–H and O–H groups in total. The highest BCUT2D eigenvalue weighted by Crippen LogP contribution is 2.34. The molecule has 0 saturated heterocycles. The summed E-state index contributed by atoms with van der Waals surface area (Å²) >= 11 is 2.24. The molecule has 1 aliphatic rings. The Morgan fingerprint density at radius 1 is 1.11 bits per heavy atom. The molecule has 19 heavy (non-hydrogen) atoms. The van der Waals surface area contributed by atoms with E-state index in [4.69, 9.17) is 10.5 Å². The average molecular weight is 366 g/mol. The predicted octanol–water partition coefficient (Wildman–Crippen LogP) is 3.04. The first kappa shape index (κ1) is 12.4. The largest absolute Gasteiger partial charge is 0.457 e. The van der Waals surface area contributed by atoms with Crippen molar-refractivity contribution in [1.29, 1.82) is 0 Å². The monoisotopic (exact) mass is 366 g/mol. The Morgan fingerprint density at radius 3 is 2.53 bits per heavy atom. The zero-order chi connectivity index (χ0) is 13.4. The predicted molar refractivity (Wildman–Crippen MR) is 81.2 cm³/mol. The third-order valence-corrected chi connectivity index (χ3v) is 3.67. The molecular weight excluding hydrogens is 355 g/mol. The van der Waals surface area contributed by atoms with Gasteiger partial charge in [-0.05, 0) is 52.9 Å². The number of ether oxygens (including phenoxy) is 1. The summed E-state index contributed by atoms with van der Waals surface area (Å²) in [5.41, 5.74) is 7.28. The summed E-state index contributed by atoms with van der Waals surface area (Å²) in [4.78, 5) is 11.5. The van der Waals surface area contributed by atoms with Crippen LogP contribution in [0.1, 0.15) is 11.6 Å². The molecule has 0 spiro atoms. The molecule has 1 aliphatic heterocycles. The lowest BCUT2D eigenvalue weighted by molar-refractivity contribution is -0.116. The maximum absolute atomic E-state index is 11.5. The van der Waals surface area contributed by atoms with Crippen molar-refractivity contribution in [3.05, 3.63) is 51.6 Å². The SMILES string of the molecule is NC1C(=O)Nc2cc(Oc3ccc(I)cc3)ccc21. The van der Waals surface area contributed by atoms with Crippen LogP contribution in [0.2, 0.25) is 0 Å². The molecular formula is C14H11IN2O2. The van der Waals surface area contributed by atoms with E-state index in [0.29, 0.717) is 5.75 Å². The standard InChI is InChI=1S/C14H11IN2O2/c15-8-1-3-9(4-2-8)19-10-5-6-11-12(7-10)17-14(18)13(11)16/h1-7,13H,16H2,(H,17,18). The minimum Gasteiger partial charge on any atom is -0.457 e. The third-order valence-electron chi connectivity index (χ3n) is 2.95. The van der Waals surface area contributed by atoms with Gasteiger partial charge in [-0.2, -0.15) is 0 Å². The lowest BCUT2D eigenvalue weighted by atomic mass is 10.1. The van der Waals surface area contributed by atoms with Crippen LogP contribution in [0.25, 0.3) is 0 Å². The van der Waals surface area contributed by atoms with E-state index in [9.17, 15) is 4.79 Å². The topological polar surface area (TPSA) is 64.4 Å². The summed E-state index contributed by atoms with van der Waals surface area (Å²) < 4.78 is 6.88. The zero-order valence-electron chi connectivity index (χ0n) is 9.89. The van der Waals surface area contributed by atoms with Gasteiger partial charge in [0.25, 0.3) is 0 Å². The van der Waals surface area contributed by atoms with Gasteiger partial charge >= 0.3 is 0 Å². The van der Waals surface area contributed by atoms with E-state index in [1.807, 2.05) is 36.4 Å². The minimum absolute atomic E-state index is 0.179. The van der Waals surface area contributed by atoms with Gasteiger partial charge in [-0.1, -0.05) is 6.07 Å². The van der Waals surface area contributed by atoms with Crippen molar-refractivity contribution in [3.8, 4) is 11.5 Å². The lowest BCUT2D eigenvalue weighted by Crippen LogP contribution is -2.19. The molecule has 1 amide bonds. The van der Waals surface area contributed by atoms with E-state index < -0.39 is 6.04 Å². The molecule has 2 aromatic rings. The van der Waals surface area contributed by atoms with Crippen LogP contribution in [-0.4, -0.2) is 5.91 Å². The average Bonchev–Trinajstić information content (AvgIpc) is 2.68. The van der Waals surface area contributed by atoms with Crippen LogP contribution in [0.3, 0.4) is 0 Å². The van der Waals surface area contributed by atoms with Crippen LogP contribution in [0.15, 0.2) is 42.5 Å². The van der Waals surface area contributed by atoms with Gasteiger partial charge in [0, 0.05) is 20.9 Å². The van der Waals surface area contributed by atoms with Crippen molar-refractivity contribution in [1.82, 2.24) is 0 Å². The highest BCUT2D eigenvalue weighted by molar-refractivity contribution is 14.1. The number of benzene rings is 2. The molecule has 4 nitrogen and oxygen atoms in total. The molecule has 0 radical (unpaired) electrons. The molecule has 1 unspecified atom stereocenters. The van der Waals surface area contributed by atoms with Gasteiger partial charge < -0.3 is 15.8 Å². The summed E-state index contributed by atoms with van der Waals surface area (Å²) in [5.74, 6) is 1.25. The third kappa shape index (κ3) is 2.43. The maximum atomic E-state index is 11.5. The Balaban J connectivity index is 1.86. The number of carbonyl (C=O) groups is 1. The number of carbonyl (C=O) groups excluding carboxylic acids is 1.